The zero-order chi connectivity index (χ0) is 14.6. The normalized spacial score (nSPS) is 23.9. The summed E-state index contributed by atoms with van der Waals surface area (Å²) < 4.78 is 0. The van der Waals surface area contributed by atoms with Crippen molar-refractivity contribution >= 4 is 17.8 Å². The van der Waals surface area contributed by atoms with Gasteiger partial charge in [-0.1, -0.05) is 50.3 Å². The minimum Gasteiger partial charge on any atom is -0.307 e. The van der Waals surface area contributed by atoms with Gasteiger partial charge in [0.25, 0.3) is 0 Å². The molecule has 3 heteroatoms. The van der Waals surface area contributed by atoms with Crippen molar-refractivity contribution in [3.05, 3.63) is 0 Å². The van der Waals surface area contributed by atoms with E-state index in [0.717, 1.165) is 17.6 Å². The summed E-state index contributed by atoms with van der Waals surface area (Å²) in [6.45, 7) is 6.86. The van der Waals surface area contributed by atoms with Crippen LogP contribution in [0.2, 0.25) is 0 Å². The highest BCUT2D eigenvalue weighted by Crippen LogP contribution is 2.62. The van der Waals surface area contributed by atoms with E-state index in [4.69, 9.17) is 11.8 Å². The fraction of sp³-hybridized carbons (Fsp3) is 1.00. The highest BCUT2D eigenvalue weighted by atomic mass is 32.4. The maximum absolute atomic E-state index is 6.46. The van der Waals surface area contributed by atoms with Crippen LogP contribution in [0.3, 0.4) is 0 Å². The van der Waals surface area contributed by atoms with Crippen LogP contribution >= 0.6 is 6.04 Å². The third-order valence-corrected chi connectivity index (χ3v) is 11.6. The molecule has 0 radical (unpaired) electrons. The molecule has 0 aromatic heterocycles. The van der Waals surface area contributed by atoms with Crippen LogP contribution in [0.1, 0.15) is 85.0 Å². The number of rotatable bonds is 4. The molecule has 0 bridgehead atoms. The molecular weight excluding hydrogens is 281 g/mol. The van der Waals surface area contributed by atoms with Crippen molar-refractivity contribution in [1.82, 2.24) is 5.32 Å². The van der Waals surface area contributed by atoms with E-state index >= 15 is 0 Å². The van der Waals surface area contributed by atoms with Crippen LogP contribution in [-0.2, 0) is 11.8 Å². The zero-order valence-corrected chi connectivity index (χ0v) is 15.5. The topological polar surface area (TPSA) is 12.0 Å². The van der Waals surface area contributed by atoms with Crippen molar-refractivity contribution in [2.75, 3.05) is 6.29 Å². The second-order valence-electron chi connectivity index (χ2n) is 8.02. The molecule has 2 fully saturated rings. The first-order chi connectivity index (χ1) is 9.42. The Morgan fingerprint density at radius 1 is 0.850 bits per heavy atom. The Bertz CT molecular complexity index is 313. The molecule has 20 heavy (non-hydrogen) atoms. The molecule has 118 valence electrons. The summed E-state index contributed by atoms with van der Waals surface area (Å²) in [5.74, 6) is 0. The van der Waals surface area contributed by atoms with Crippen LogP contribution in [0, 0.1) is 0 Å². The Labute approximate surface area is 131 Å². The van der Waals surface area contributed by atoms with Gasteiger partial charge in [0.05, 0.1) is 0 Å². The maximum Gasteiger partial charge on any atom is 0.0257 e. The third-order valence-electron chi connectivity index (χ3n) is 5.24. The first-order valence-corrected chi connectivity index (χ1v) is 11.9. The second-order valence-corrected chi connectivity index (χ2v) is 13.5. The van der Waals surface area contributed by atoms with E-state index in [1.807, 2.05) is 0 Å². The molecule has 1 nitrogen and oxygen atoms in total. The summed E-state index contributed by atoms with van der Waals surface area (Å²) in [6.07, 6.45) is 15.5. The molecule has 0 unspecified atom stereocenters. The highest BCUT2D eigenvalue weighted by Gasteiger charge is 2.37. The van der Waals surface area contributed by atoms with Crippen molar-refractivity contribution < 1.29 is 0 Å². The Morgan fingerprint density at radius 2 is 1.25 bits per heavy atom. The molecule has 2 aliphatic carbocycles. The Morgan fingerprint density at radius 3 is 1.60 bits per heavy atom. The summed E-state index contributed by atoms with van der Waals surface area (Å²) in [7, 11) is 0. The molecule has 0 amide bonds. The lowest BCUT2D eigenvalue weighted by molar-refractivity contribution is 0.447. The largest absolute Gasteiger partial charge is 0.307 e. The van der Waals surface area contributed by atoms with Crippen molar-refractivity contribution in [3.8, 4) is 0 Å². The SMILES string of the molecule is CC(C)(C)NCP(=S)(C1CCCCC1)C1CCCCC1. The minimum atomic E-state index is -1.24. The van der Waals surface area contributed by atoms with Gasteiger partial charge in [-0.15, -0.1) is 0 Å². The van der Waals surface area contributed by atoms with E-state index in [2.05, 4.69) is 26.1 Å². The van der Waals surface area contributed by atoms with E-state index in [-0.39, 0.29) is 5.54 Å². The monoisotopic (exact) mass is 315 g/mol. The first kappa shape index (κ1) is 17.0. The fourth-order valence-electron chi connectivity index (χ4n) is 3.95. The van der Waals surface area contributed by atoms with Gasteiger partial charge in [-0.2, -0.15) is 0 Å². The van der Waals surface area contributed by atoms with Crippen molar-refractivity contribution in [3.63, 3.8) is 0 Å². The average Bonchev–Trinajstić information content (AvgIpc) is 2.46. The predicted octanol–water partition coefficient (Wildman–Crippen LogP) is 5.48. The van der Waals surface area contributed by atoms with Gasteiger partial charge in [-0.25, -0.2) is 0 Å². The lowest BCUT2D eigenvalue weighted by Gasteiger charge is -2.43. The average molecular weight is 316 g/mol. The van der Waals surface area contributed by atoms with E-state index < -0.39 is 6.04 Å². The van der Waals surface area contributed by atoms with Gasteiger partial charge in [0.1, 0.15) is 0 Å². The smallest absolute Gasteiger partial charge is 0.0257 e. The van der Waals surface area contributed by atoms with Crippen LogP contribution in [-0.4, -0.2) is 23.1 Å². The van der Waals surface area contributed by atoms with Gasteiger partial charge >= 0.3 is 0 Å². The summed E-state index contributed by atoms with van der Waals surface area (Å²) in [5, 5.41) is 3.80. The summed E-state index contributed by atoms with van der Waals surface area (Å²) >= 11 is 6.46. The third kappa shape index (κ3) is 4.55. The quantitative estimate of drug-likeness (QED) is 0.690. The summed E-state index contributed by atoms with van der Waals surface area (Å²) in [4.78, 5) is 0. The predicted molar refractivity (Wildman–Crippen MR) is 95.8 cm³/mol. The zero-order valence-electron chi connectivity index (χ0n) is 13.8. The Balaban J connectivity index is 2.10. The van der Waals surface area contributed by atoms with Gasteiger partial charge < -0.3 is 5.32 Å². The molecule has 2 aliphatic rings. The molecule has 2 rings (SSSR count). The minimum absolute atomic E-state index is 0.216. The molecule has 0 atom stereocenters. The Kier molecular flexibility index (Phi) is 6.15. The molecule has 0 aliphatic heterocycles. The maximum atomic E-state index is 6.46. The second kappa shape index (κ2) is 7.25. The van der Waals surface area contributed by atoms with Gasteiger partial charge in [0.2, 0.25) is 0 Å². The molecule has 0 aromatic rings. The highest BCUT2D eigenvalue weighted by molar-refractivity contribution is 8.15. The van der Waals surface area contributed by atoms with E-state index in [1.165, 1.54) is 64.2 Å². The van der Waals surface area contributed by atoms with Crippen LogP contribution in [0.25, 0.3) is 0 Å². The van der Waals surface area contributed by atoms with Crippen LogP contribution < -0.4 is 5.32 Å². The molecule has 0 spiro atoms. The van der Waals surface area contributed by atoms with Crippen LogP contribution in [0.15, 0.2) is 0 Å². The van der Waals surface area contributed by atoms with Crippen LogP contribution in [0.4, 0.5) is 0 Å². The molecule has 0 saturated heterocycles. The van der Waals surface area contributed by atoms with Gasteiger partial charge in [-0.3, -0.25) is 0 Å². The Hall–Kier alpha value is 0.610. The van der Waals surface area contributed by atoms with Gasteiger partial charge in [0.15, 0.2) is 0 Å². The van der Waals surface area contributed by atoms with E-state index in [0.29, 0.717) is 0 Å². The van der Waals surface area contributed by atoms with Gasteiger partial charge in [0, 0.05) is 11.8 Å². The number of hydrogen-bond acceptors (Lipinski definition) is 2. The van der Waals surface area contributed by atoms with Crippen molar-refractivity contribution in [2.45, 2.75) is 102 Å². The molecular formula is C17H34NPS. The standard InChI is InChI=1S/C17H34NPS/c1-17(2,3)18-14-19(20,15-10-6-4-7-11-15)16-12-8-5-9-13-16/h15-16,18H,4-14H2,1-3H3. The molecule has 2 saturated carbocycles. The number of hydrogen-bond donors (Lipinski definition) is 1. The van der Waals surface area contributed by atoms with Gasteiger partial charge in [-0.05, 0) is 63.8 Å². The molecule has 0 aromatic carbocycles. The summed E-state index contributed by atoms with van der Waals surface area (Å²) in [6, 6.07) is -1.24. The number of nitrogens with one attached hydrogen (secondary N) is 1. The van der Waals surface area contributed by atoms with E-state index in [9.17, 15) is 0 Å². The van der Waals surface area contributed by atoms with Crippen LogP contribution in [0.5, 0.6) is 0 Å². The summed E-state index contributed by atoms with van der Waals surface area (Å²) in [5.41, 5.74) is 2.00. The first-order valence-electron chi connectivity index (χ1n) is 8.75. The fourth-order valence-corrected chi connectivity index (χ4v) is 9.72. The van der Waals surface area contributed by atoms with Crippen molar-refractivity contribution in [1.29, 1.82) is 0 Å². The van der Waals surface area contributed by atoms with E-state index in [1.54, 1.807) is 0 Å². The molecule has 0 heterocycles. The lowest BCUT2D eigenvalue weighted by Crippen LogP contribution is -2.39. The van der Waals surface area contributed by atoms with Crippen molar-refractivity contribution in [2.24, 2.45) is 0 Å². The molecule has 1 N–H and O–H groups in total. The lowest BCUT2D eigenvalue weighted by atomic mass is 9.99.